The molecule has 7 rings (SSSR count). The third-order valence-electron chi connectivity index (χ3n) is 7.47. The minimum absolute atomic E-state index is 0.326. The molecule has 1 fully saturated rings. The monoisotopic (exact) mass is 330 g/mol. The van der Waals surface area contributed by atoms with Crippen molar-refractivity contribution in [2.24, 2.45) is 23.7 Å². The average molecular weight is 330 g/mol. The fraction of sp³-hybridized carbons (Fsp3) is 0.391. The molecule has 5 aliphatic carbocycles. The first kappa shape index (κ1) is 14.3. The SMILES string of the molecule is COC1(OC)[C@H]2C=C[C@H]1[C@H]1C3c4ccccc4C(c4ccccc43)[C@H]12. The van der Waals surface area contributed by atoms with Crippen molar-refractivity contribution in [3.8, 4) is 0 Å². The molecule has 2 aromatic rings. The van der Waals surface area contributed by atoms with Crippen LogP contribution in [-0.4, -0.2) is 20.0 Å². The predicted molar refractivity (Wildman–Crippen MR) is 96.4 cm³/mol. The van der Waals surface area contributed by atoms with Gasteiger partial charge in [0.05, 0.1) is 0 Å². The summed E-state index contributed by atoms with van der Waals surface area (Å²) in [5.74, 6) is 2.18. The second-order valence-electron chi connectivity index (χ2n) is 7.93. The highest BCUT2D eigenvalue weighted by Crippen LogP contribution is 2.71. The molecule has 0 amide bonds. The molecule has 4 bridgehead atoms. The zero-order valence-electron chi connectivity index (χ0n) is 14.6. The summed E-state index contributed by atoms with van der Waals surface area (Å²) in [6.45, 7) is 0. The second-order valence-corrected chi connectivity index (χ2v) is 7.93. The van der Waals surface area contributed by atoms with E-state index < -0.39 is 5.79 Å². The fourth-order valence-electron chi connectivity index (χ4n) is 6.81. The summed E-state index contributed by atoms with van der Waals surface area (Å²) in [6.07, 6.45) is 4.73. The van der Waals surface area contributed by atoms with E-state index in [9.17, 15) is 0 Å². The lowest BCUT2D eigenvalue weighted by atomic mass is 9.52. The molecule has 2 heteroatoms. The Labute approximate surface area is 148 Å². The van der Waals surface area contributed by atoms with E-state index in [0.29, 0.717) is 35.5 Å². The Morgan fingerprint density at radius 3 is 1.32 bits per heavy atom. The predicted octanol–water partition coefficient (Wildman–Crippen LogP) is 4.31. The number of hydrogen-bond donors (Lipinski definition) is 0. The van der Waals surface area contributed by atoms with Crippen molar-refractivity contribution in [2.75, 3.05) is 14.2 Å². The number of rotatable bonds is 2. The smallest absolute Gasteiger partial charge is 0.180 e. The average Bonchev–Trinajstić information content (AvgIpc) is 3.19. The van der Waals surface area contributed by atoms with Gasteiger partial charge in [0.2, 0.25) is 0 Å². The Bertz CT molecular complexity index is 779. The molecule has 1 saturated carbocycles. The van der Waals surface area contributed by atoms with E-state index in [0.717, 1.165) is 0 Å². The van der Waals surface area contributed by atoms with Crippen molar-refractivity contribution in [2.45, 2.75) is 17.6 Å². The molecule has 0 radical (unpaired) electrons. The minimum atomic E-state index is -0.490. The fourth-order valence-corrected chi connectivity index (χ4v) is 6.81. The Kier molecular flexibility index (Phi) is 2.65. The van der Waals surface area contributed by atoms with Gasteiger partial charge in [0, 0.05) is 37.9 Å². The van der Waals surface area contributed by atoms with Gasteiger partial charge in [-0.15, -0.1) is 0 Å². The largest absolute Gasteiger partial charge is 0.352 e. The van der Waals surface area contributed by atoms with Gasteiger partial charge < -0.3 is 9.47 Å². The molecule has 25 heavy (non-hydrogen) atoms. The maximum absolute atomic E-state index is 6.06. The van der Waals surface area contributed by atoms with Crippen molar-refractivity contribution < 1.29 is 9.47 Å². The third-order valence-corrected chi connectivity index (χ3v) is 7.47. The van der Waals surface area contributed by atoms with Crippen molar-refractivity contribution in [1.82, 2.24) is 0 Å². The van der Waals surface area contributed by atoms with Gasteiger partial charge in [-0.25, -0.2) is 0 Å². The van der Waals surface area contributed by atoms with Gasteiger partial charge in [-0.05, 0) is 34.1 Å². The van der Waals surface area contributed by atoms with Crippen LogP contribution in [0.3, 0.4) is 0 Å². The molecule has 0 heterocycles. The Balaban J connectivity index is 1.64. The Morgan fingerprint density at radius 2 is 1.00 bits per heavy atom. The van der Waals surface area contributed by atoms with E-state index >= 15 is 0 Å². The van der Waals surface area contributed by atoms with Crippen molar-refractivity contribution in [1.29, 1.82) is 0 Å². The van der Waals surface area contributed by atoms with E-state index in [1.165, 1.54) is 22.3 Å². The summed E-state index contributed by atoms with van der Waals surface area (Å²) >= 11 is 0. The first-order chi connectivity index (χ1) is 12.3. The highest BCUT2D eigenvalue weighted by Gasteiger charge is 2.69. The van der Waals surface area contributed by atoms with Crippen LogP contribution in [0, 0.1) is 23.7 Å². The molecule has 4 atom stereocenters. The summed E-state index contributed by atoms with van der Waals surface area (Å²) in [5.41, 5.74) is 6.09. The van der Waals surface area contributed by atoms with Gasteiger partial charge in [0.1, 0.15) is 0 Å². The summed E-state index contributed by atoms with van der Waals surface area (Å²) < 4.78 is 12.1. The van der Waals surface area contributed by atoms with Crippen LogP contribution in [0.15, 0.2) is 60.7 Å². The number of ether oxygens (including phenoxy) is 2. The number of methoxy groups -OCH3 is 2. The lowest BCUT2D eigenvalue weighted by molar-refractivity contribution is -0.234. The summed E-state index contributed by atoms with van der Waals surface area (Å²) in [5, 5.41) is 0. The molecule has 0 N–H and O–H groups in total. The normalized spacial score (nSPS) is 37.7. The molecule has 0 aromatic heterocycles. The molecule has 126 valence electrons. The van der Waals surface area contributed by atoms with E-state index in [4.69, 9.17) is 9.47 Å². The van der Waals surface area contributed by atoms with E-state index in [2.05, 4.69) is 60.7 Å². The topological polar surface area (TPSA) is 18.5 Å². The van der Waals surface area contributed by atoms with Gasteiger partial charge in [-0.1, -0.05) is 60.7 Å². The summed E-state index contributed by atoms with van der Waals surface area (Å²) in [6, 6.07) is 18.2. The molecule has 0 spiro atoms. The highest BCUT2D eigenvalue weighted by molar-refractivity contribution is 5.58. The van der Waals surface area contributed by atoms with Gasteiger partial charge in [0.25, 0.3) is 0 Å². The number of hydrogen-bond acceptors (Lipinski definition) is 2. The van der Waals surface area contributed by atoms with Crippen LogP contribution in [-0.2, 0) is 9.47 Å². The van der Waals surface area contributed by atoms with Crippen LogP contribution in [0.5, 0.6) is 0 Å². The van der Waals surface area contributed by atoms with Gasteiger partial charge in [0.15, 0.2) is 5.79 Å². The van der Waals surface area contributed by atoms with Crippen LogP contribution < -0.4 is 0 Å². The lowest BCUT2D eigenvalue weighted by Crippen LogP contribution is -2.41. The van der Waals surface area contributed by atoms with Gasteiger partial charge >= 0.3 is 0 Å². The van der Waals surface area contributed by atoms with Crippen molar-refractivity contribution in [3.63, 3.8) is 0 Å². The highest BCUT2D eigenvalue weighted by atomic mass is 16.7. The van der Waals surface area contributed by atoms with E-state index in [-0.39, 0.29) is 0 Å². The van der Waals surface area contributed by atoms with Gasteiger partial charge in [-0.3, -0.25) is 0 Å². The zero-order valence-corrected chi connectivity index (χ0v) is 14.6. The first-order valence-corrected chi connectivity index (χ1v) is 9.28. The third kappa shape index (κ3) is 1.43. The quantitative estimate of drug-likeness (QED) is 0.603. The van der Waals surface area contributed by atoms with E-state index in [1.54, 1.807) is 0 Å². The van der Waals surface area contributed by atoms with Crippen molar-refractivity contribution >= 4 is 0 Å². The molecule has 0 aliphatic heterocycles. The maximum atomic E-state index is 6.06. The number of benzene rings is 2. The number of fused-ring (bicyclic) bond motifs is 2. The zero-order chi connectivity index (χ0) is 16.8. The minimum Gasteiger partial charge on any atom is -0.352 e. The van der Waals surface area contributed by atoms with Crippen LogP contribution in [0.2, 0.25) is 0 Å². The molecule has 5 aliphatic rings. The Hall–Kier alpha value is -1.90. The maximum Gasteiger partial charge on any atom is 0.180 e. The molecule has 0 unspecified atom stereocenters. The molecule has 2 nitrogen and oxygen atoms in total. The standard InChI is InChI=1S/C23H22O2/c1-24-23(25-2)17-11-12-18(23)22-20-14-8-4-3-7-13(14)19(21(17)22)15-9-5-6-10-16(15)20/h3-12,17-22H,1-2H3/t17-,18-,19?,20?,21-,22+/m0/s1. The lowest BCUT2D eigenvalue weighted by Gasteiger charge is -2.51. The van der Waals surface area contributed by atoms with Crippen molar-refractivity contribution in [3.05, 3.63) is 82.9 Å². The summed E-state index contributed by atoms with van der Waals surface area (Å²) in [4.78, 5) is 0. The molecular weight excluding hydrogens is 308 g/mol. The van der Waals surface area contributed by atoms with E-state index in [1.807, 2.05) is 14.2 Å². The Morgan fingerprint density at radius 1 is 0.640 bits per heavy atom. The first-order valence-electron chi connectivity index (χ1n) is 9.28. The van der Waals surface area contributed by atoms with Gasteiger partial charge in [-0.2, -0.15) is 0 Å². The summed E-state index contributed by atoms with van der Waals surface area (Å²) in [7, 11) is 3.63. The van der Waals surface area contributed by atoms with Crippen LogP contribution >= 0.6 is 0 Å². The van der Waals surface area contributed by atoms with Crippen LogP contribution in [0.25, 0.3) is 0 Å². The van der Waals surface area contributed by atoms with Crippen LogP contribution in [0.4, 0.5) is 0 Å². The molecular formula is C23H22O2. The van der Waals surface area contributed by atoms with Crippen LogP contribution in [0.1, 0.15) is 34.1 Å². The second kappa shape index (κ2) is 4.63. The molecule has 2 aromatic carbocycles. The molecule has 0 saturated heterocycles.